The highest BCUT2D eigenvalue weighted by Gasteiger charge is 2.07. The standard InChI is InChI=1S/C15H12BrN3O2/c16-10-4-3-5-11(8-10)21-9-14(20)19-15-17-12-6-1-2-7-13(12)18-15/h1-8H,9H2,(H2,17,18,19,20). The van der Waals surface area contributed by atoms with Crippen molar-refractivity contribution < 1.29 is 9.53 Å². The van der Waals surface area contributed by atoms with Gasteiger partial charge in [0.2, 0.25) is 5.95 Å². The number of para-hydroxylation sites is 2. The molecule has 3 aromatic rings. The number of aromatic amines is 1. The molecule has 0 fully saturated rings. The van der Waals surface area contributed by atoms with Gasteiger partial charge >= 0.3 is 0 Å². The molecule has 0 atom stereocenters. The predicted molar refractivity (Wildman–Crippen MR) is 84.4 cm³/mol. The number of carbonyl (C=O) groups excluding carboxylic acids is 1. The monoisotopic (exact) mass is 345 g/mol. The van der Waals surface area contributed by atoms with Crippen LogP contribution < -0.4 is 10.1 Å². The highest BCUT2D eigenvalue weighted by Crippen LogP contribution is 2.18. The molecule has 0 aliphatic heterocycles. The third kappa shape index (κ3) is 3.41. The Morgan fingerprint density at radius 3 is 2.90 bits per heavy atom. The van der Waals surface area contributed by atoms with Gasteiger partial charge in [0.1, 0.15) is 5.75 Å². The molecule has 2 aromatic carbocycles. The summed E-state index contributed by atoms with van der Waals surface area (Å²) in [6.07, 6.45) is 0. The number of hydrogen-bond donors (Lipinski definition) is 2. The van der Waals surface area contributed by atoms with Gasteiger partial charge in [-0.25, -0.2) is 4.98 Å². The Bertz CT molecular complexity index is 752. The van der Waals surface area contributed by atoms with E-state index in [9.17, 15) is 4.79 Å². The number of rotatable bonds is 4. The summed E-state index contributed by atoms with van der Waals surface area (Å²) in [7, 11) is 0. The summed E-state index contributed by atoms with van der Waals surface area (Å²) in [6.45, 7) is -0.0759. The van der Waals surface area contributed by atoms with Crippen LogP contribution in [0, 0.1) is 0 Å². The summed E-state index contributed by atoms with van der Waals surface area (Å²) in [5, 5.41) is 2.67. The Morgan fingerprint density at radius 1 is 1.24 bits per heavy atom. The summed E-state index contributed by atoms with van der Waals surface area (Å²) in [5.74, 6) is 0.775. The second kappa shape index (κ2) is 5.97. The molecule has 2 N–H and O–H groups in total. The van der Waals surface area contributed by atoms with Gasteiger partial charge in [0.25, 0.3) is 5.91 Å². The van der Waals surface area contributed by atoms with Gasteiger partial charge in [-0.05, 0) is 30.3 Å². The molecule has 0 unspecified atom stereocenters. The number of benzene rings is 2. The van der Waals surface area contributed by atoms with Crippen LogP contribution in [0.25, 0.3) is 11.0 Å². The second-order valence-electron chi connectivity index (χ2n) is 4.40. The number of ether oxygens (including phenoxy) is 1. The topological polar surface area (TPSA) is 67.0 Å². The lowest BCUT2D eigenvalue weighted by Gasteiger charge is -2.05. The van der Waals surface area contributed by atoms with E-state index in [-0.39, 0.29) is 12.5 Å². The second-order valence-corrected chi connectivity index (χ2v) is 5.31. The number of anilines is 1. The minimum atomic E-state index is -0.269. The van der Waals surface area contributed by atoms with Crippen LogP contribution in [0.15, 0.2) is 53.0 Å². The zero-order valence-corrected chi connectivity index (χ0v) is 12.6. The lowest BCUT2D eigenvalue weighted by molar-refractivity contribution is -0.118. The van der Waals surface area contributed by atoms with Crippen molar-refractivity contribution in [1.29, 1.82) is 0 Å². The van der Waals surface area contributed by atoms with Crippen LogP contribution in [0.2, 0.25) is 0 Å². The van der Waals surface area contributed by atoms with E-state index < -0.39 is 0 Å². The molecule has 1 aromatic heterocycles. The molecule has 3 rings (SSSR count). The van der Waals surface area contributed by atoms with Crippen LogP contribution >= 0.6 is 15.9 Å². The van der Waals surface area contributed by atoms with Gasteiger partial charge in [-0.15, -0.1) is 0 Å². The maximum absolute atomic E-state index is 11.8. The van der Waals surface area contributed by atoms with Crippen molar-refractivity contribution in [3.63, 3.8) is 0 Å². The number of imidazole rings is 1. The molecule has 0 saturated heterocycles. The van der Waals surface area contributed by atoms with E-state index in [4.69, 9.17) is 4.74 Å². The van der Waals surface area contributed by atoms with Gasteiger partial charge in [0, 0.05) is 4.47 Å². The number of carbonyl (C=O) groups is 1. The molecular weight excluding hydrogens is 334 g/mol. The summed E-state index contributed by atoms with van der Waals surface area (Å²) >= 11 is 3.35. The predicted octanol–water partition coefficient (Wildman–Crippen LogP) is 3.34. The quantitative estimate of drug-likeness (QED) is 0.761. The summed E-state index contributed by atoms with van der Waals surface area (Å²) < 4.78 is 6.31. The summed E-state index contributed by atoms with van der Waals surface area (Å²) in [4.78, 5) is 19.1. The number of hydrogen-bond acceptors (Lipinski definition) is 3. The maximum atomic E-state index is 11.8. The van der Waals surface area contributed by atoms with E-state index in [1.807, 2.05) is 36.4 Å². The number of halogens is 1. The third-order valence-corrected chi connectivity index (χ3v) is 3.31. The number of nitrogens with zero attached hydrogens (tertiary/aromatic N) is 1. The molecule has 106 valence electrons. The fourth-order valence-electron chi connectivity index (χ4n) is 1.89. The van der Waals surface area contributed by atoms with Crippen molar-refractivity contribution >= 4 is 38.8 Å². The molecule has 0 aliphatic rings. The average Bonchev–Trinajstić information content (AvgIpc) is 2.87. The van der Waals surface area contributed by atoms with Crippen molar-refractivity contribution in [3.05, 3.63) is 53.0 Å². The first-order chi connectivity index (χ1) is 10.2. The van der Waals surface area contributed by atoms with E-state index >= 15 is 0 Å². The highest BCUT2D eigenvalue weighted by molar-refractivity contribution is 9.10. The number of fused-ring (bicyclic) bond motifs is 1. The minimum Gasteiger partial charge on any atom is -0.484 e. The van der Waals surface area contributed by atoms with Gasteiger partial charge in [0.15, 0.2) is 6.61 Å². The largest absolute Gasteiger partial charge is 0.484 e. The van der Waals surface area contributed by atoms with E-state index in [1.54, 1.807) is 12.1 Å². The van der Waals surface area contributed by atoms with Crippen molar-refractivity contribution in [1.82, 2.24) is 9.97 Å². The number of nitrogens with one attached hydrogen (secondary N) is 2. The van der Waals surface area contributed by atoms with Gasteiger partial charge in [-0.2, -0.15) is 0 Å². The Morgan fingerprint density at radius 2 is 2.10 bits per heavy atom. The van der Waals surface area contributed by atoms with Crippen molar-refractivity contribution in [3.8, 4) is 5.75 Å². The van der Waals surface area contributed by atoms with E-state index in [2.05, 4.69) is 31.2 Å². The van der Waals surface area contributed by atoms with Crippen molar-refractivity contribution in [2.75, 3.05) is 11.9 Å². The first-order valence-corrected chi connectivity index (χ1v) is 7.13. The van der Waals surface area contributed by atoms with Crippen LogP contribution in [0.4, 0.5) is 5.95 Å². The zero-order valence-electron chi connectivity index (χ0n) is 11.0. The molecule has 1 amide bonds. The van der Waals surface area contributed by atoms with Crippen molar-refractivity contribution in [2.45, 2.75) is 0 Å². The Labute approximate surface area is 129 Å². The summed E-state index contributed by atoms with van der Waals surface area (Å²) in [5.41, 5.74) is 1.68. The Balaban J connectivity index is 1.61. The number of amides is 1. The molecule has 1 heterocycles. The molecule has 0 aliphatic carbocycles. The van der Waals surface area contributed by atoms with Crippen LogP contribution in [-0.2, 0) is 4.79 Å². The smallest absolute Gasteiger partial charge is 0.264 e. The average molecular weight is 346 g/mol. The van der Waals surface area contributed by atoms with E-state index in [1.165, 1.54) is 0 Å². The molecule has 21 heavy (non-hydrogen) atoms. The first-order valence-electron chi connectivity index (χ1n) is 6.34. The van der Waals surface area contributed by atoms with E-state index in [0.29, 0.717) is 11.7 Å². The summed E-state index contributed by atoms with van der Waals surface area (Å²) in [6, 6.07) is 14.9. The first kappa shape index (κ1) is 13.6. The minimum absolute atomic E-state index is 0.0759. The van der Waals surface area contributed by atoms with Crippen LogP contribution in [0.3, 0.4) is 0 Å². The van der Waals surface area contributed by atoms with Gasteiger partial charge in [-0.3, -0.25) is 10.1 Å². The molecule has 0 saturated carbocycles. The lowest BCUT2D eigenvalue weighted by atomic mass is 10.3. The van der Waals surface area contributed by atoms with Crippen LogP contribution in [0.1, 0.15) is 0 Å². The van der Waals surface area contributed by atoms with Crippen LogP contribution in [0.5, 0.6) is 5.75 Å². The molecule has 6 heteroatoms. The van der Waals surface area contributed by atoms with Gasteiger partial charge in [-0.1, -0.05) is 34.1 Å². The van der Waals surface area contributed by atoms with Gasteiger partial charge < -0.3 is 9.72 Å². The molecule has 5 nitrogen and oxygen atoms in total. The Kier molecular flexibility index (Phi) is 3.87. The van der Waals surface area contributed by atoms with E-state index in [0.717, 1.165) is 15.5 Å². The number of H-pyrrole nitrogens is 1. The zero-order chi connectivity index (χ0) is 14.7. The van der Waals surface area contributed by atoms with Gasteiger partial charge in [0.05, 0.1) is 11.0 Å². The maximum Gasteiger partial charge on any atom is 0.264 e. The number of aromatic nitrogens is 2. The normalized spacial score (nSPS) is 10.5. The van der Waals surface area contributed by atoms with Crippen molar-refractivity contribution in [2.24, 2.45) is 0 Å². The molecule has 0 bridgehead atoms. The third-order valence-electron chi connectivity index (χ3n) is 2.81. The lowest BCUT2D eigenvalue weighted by Crippen LogP contribution is -2.20. The Hall–Kier alpha value is -2.34. The highest BCUT2D eigenvalue weighted by atomic mass is 79.9. The fraction of sp³-hybridized carbons (Fsp3) is 0.0667. The molecule has 0 spiro atoms. The molecule has 0 radical (unpaired) electrons. The fourth-order valence-corrected chi connectivity index (χ4v) is 2.26. The molecular formula is C15H12BrN3O2. The van der Waals surface area contributed by atoms with Crippen LogP contribution in [-0.4, -0.2) is 22.5 Å². The SMILES string of the molecule is O=C(COc1cccc(Br)c1)Nc1nc2ccccc2[nH]1.